The number of fused-ring (bicyclic) bond motifs is 9. The average molecular weight is 517 g/mol. The predicted octanol–water partition coefficient (Wildman–Crippen LogP) is 9.27. The van der Waals surface area contributed by atoms with Crippen molar-refractivity contribution < 1.29 is 0 Å². The summed E-state index contributed by atoms with van der Waals surface area (Å²) in [5, 5.41) is 0. The molecule has 2 heteroatoms. The number of aryl methyl sites for hydroxylation is 3. The third kappa shape index (κ3) is 3.42. The highest BCUT2D eigenvalue weighted by atomic mass is 15.4. The van der Waals surface area contributed by atoms with E-state index in [1.54, 1.807) is 0 Å². The van der Waals surface area contributed by atoms with Gasteiger partial charge < -0.3 is 0 Å². The molecule has 0 bridgehead atoms. The highest BCUT2D eigenvalue weighted by molar-refractivity contribution is 5.85. The average Bonchev–Trinajstić information content (AvgIpc) is 3.72. The van der Waals surface area contributed by atoms with Crippen LogP contribution in [-0.2, 0) is 0 Å². The fourth-order valence-corrected chi connectivity index (χ4v) is 7.63. The largest absolute Gasteiger partial charge is 0.282 e. The normalized spacial score (nSPS) is 23.5. The minimum absolute atomic E-state index is 0.00359. The van der Waals surface area contributed by atoms with Crippen molar-refractivity contribution in [3.63, 3.8) is 0 Å². The summed E-state index contributed by atoms with van der Waals surface area (Å²) in [4.78, 5) is 8.24. The molecule has 1 saturated heterocycles. The molecule has 3 aliphatic rings. The number of rotatable bonds is 3. The Labute approximate surface area is 236 Å². The van der Waals surface area contributed by atoms with E-state index in [0.717, 1.165) is 0 Å². The van der Waals surface area contributed by atoms with Crippen LogP contribution < -0.4 is 0 Å². The van der Waals surface area contributed by atoms with Crippen molar-refractivity contribution in [2.24, 2.45) is 4.99 Å². The first-order chi connectivity index (χ1) is 19.6. The summed E-state index contributed by atoms with van der Waals surface area (Å²) in [6.45, 7) is 6.58. The van der Waals surface area contributed by atoms with Gasteiger partial charge in [-0.25, -0.2) is 0 Å². The number of nitrogens with zero attached hydrogens (tertiary/aromatic N) is 2. The maximum Gasteiger partial charge on any atom is 0.0952 e. The molecule has 1 heterocycles. The molecule has 0 N–H and O–H groups in total. The van der Waals surface area contributed by atoms with Gasteiger partial charge in [-0.3, -0.25) is 9.89 Å². The van der Waals surface area contributed by atoms with Crippen LogP contribution in [0, 0.1) is 20.8 Å². The molecular formula is C38H32N2. The summed E-state index contributed by atoms with van der Waals surface area (Å²) in [6, 6.07) is 41.3. The first kappa shape index (κ1) is 23.6. The van der Waals surface area contributed by atoms with Gasteiger partial charge in [0.2, 0.25) is 0 Å². The molecular weight excluding hydrogens is 484 g/mol. The lowest BCUT2D eigenvalue weighted by molar-refractivity contribution is 0.310. The maximum absolute atomic E-state index is 5.49. The Morgan fingerprint density at radius 2 is 0.925 bits per heavy atom. The Morgan fingerprint density at radius 1 is 0.525 bits per heavy atom. The lowest BCUT2D eigenvalue weighted by Crippen LogP contribution is -2.24. The second-order valence-electron chi connectivity index (χ2n) is 11.7. The van der Waals surface area contributed by atoms with E-state index in [1.165, 1.54) is 66.8 Å². The van der Waals surface area contributed by atoms with Crippen LogP contribution in [-0.4, -0.2) is 11.1 Å². The van der Waals surface area contributed by atoms with Gasteiger partial charge in [0.1, 0.15) is 0 Å². The molecule has 0 aromatic heterocycles. The van der Waals surface area contributed by atoms with E-state index in [1.807, 2.05) is 0 Å². The van der Waals surface area contributed by atoms with Crippen LogP contribution >= 0.6 is 0 Å². The summed E-state index contributed by atoms with van der Waals surface area (Å²) >= 11 is 0. The zero-order valence-corrected chi connectivity index (χ0v) is 23.2. The maximum atomic E-state index is 5.49. The number of aliphatic imine (C=N–C) groups is 1. The van der Waals surface area contributed by atoms with Gasteiger partial charge in [0, 0.05) is 6.21 Å². The van der Waals surface area contributed by atoms with Crippen LogP contribution in [0.15, 0.2) is 114 Å². The van der Waals surface area contributed by atoms with Crippen molar-refractivity contribution in [2.45, 2.75) is 44.9 Å². The Kier molecular flexibility index (Phi) is 5.24. The summed E-state index contributed by atoms with van der Waals surface area (Å²) in [5.41, 5.74) is 16.1. The molecule has 1 unspecified atom stereocenters. The molecule has 1 fully saturated rings. The third-order valence-electron chi connectivity index (χ3n) is 9.27. The first-order valence-corrected chi connectivity index (χ1v) is 14.4. The van der Waals surface area contributed by atoms with Gasteiger partial charge in [-0.2, -0.15) is 0 Å². The van der Waals surface area contributed by atoms with Crippen LogP contribution in [0.4, 0.5) is 0 Å². The minimum Gasteiger partial charge on any atom is -0.282 e. The molecule has 5 aromatic rings. The first-order valence-electron chi connectivity index (χ1n) is 14.4. The molecule has 0 radical (unpaired) electrons. The second kappa shape index (κ2) is 8.87. The summed E-state index contributed by atoms with van der Waals surface area (Å²) in [5.74, 6) is 0. The monoisotopic (exact) mass is 516 g/mol. The van der Waals surface area contributed by atoms with Crippen LogP contribution in [0.25, 0.3) is 22.3 Å². The molecule has 0 saturated carbocycles. The number of hydrogen-bond donors (Lipinski definition) is 0. The van der Waals surface area contributed by atoms with Gasteiger partial charge in [-0.05, 0) is 82.0 Å². The van der Waals surface area contributed by atoms with E-state index in [-0.39, 0.29) is 12.1 Å². The van der Waals surface area contributed by atoms with Crippen molar-refractivity contribution in [3.8, 4) is 22.3 Å². The fourth-order valence-electron chi connectivity index (χ4n) is 7.63. The standard InChI is InChI=1S/C38H32N2/c1-23-20-24(2)34(25(3)21-23)22-39-35-30-16-8-4-12-26(30)27-13-5-9-17-31(27)36(35)40-37-32-18-10-6-14-28(32)29-15-7-11-19-33(29)38(37)40/h4-22,35-38H,1-3H3/t35-,36-,37-,38+,40?/m0/s1. The highest BCUT2D eigenvalue weighted by Gasteiger charge is 2.59. The van der Waals surface area contributed by atoms with E-state index in [9.17, 15) is 0 Å². The predicted molar refractivity (Wildman–Crippen MR) is 165 cm³/mol. The molecule has 5 atom stereocenters. The summed E-state index contributed by atoms with van der Waals surface area (Å²) in [7, 11) is 0. The van der Waals surface area contributed by atoms with Crippen LogP contribution in [0.2, 0.25) is 0 Å². The molecule has 0 amide bonds. The van der Waals surface area contributed by atoms with Gasteiger partial charge in [0.15, 0.2) is 0 Å². The molecule has 5 aromatic carbocycles. The molecule has 2 aliphatic carbocycles. The van der Waals surface area contributed by atoms with Crippen molar-refractivity contribution in [1.29, 1.82) is 0 Å². The number of benzene rings is 5. The molecule has 2 nitrogen and oxygen atoms in total. The van der Waals surface area contributed by atoms with E-state index >= 15 is 0 Å². The SMILES string of the molecule is Cc1cc(C)c(C=N[C@H]2c3ccccc3-c3ccccc3[C@@H]2N2[C@@H]3c4ccccc4-c4ccccc4[C@@H]32)c(C)c1. The van der Waals surface area contributed by atoms with Gasteiger partial charge >= 0.3 is 0 Å². The van der Waals surface area contributed by atoms with Crippen LogP contribution in [0.3, 0.4) is 0 Å². The van der Waals surface area contributed by atoms with E-state index in [4.69, 9.17) is 4.99 Å². The lowest BCUT2D eigenvalue weighted by Gasteiger charge is -2.35. The van der Waals surface area contributed by atoms with E-state index in [0.29, 0.717) is 12.1 Å². The summed E-state index contributed by atoms with van der Waals surface area (Å²) in [6.07, 6.45) is 2.15. The molecule has 40 heavy (non-hydrogen) atoms. The van der Waals surface area contributed by atoms with E-state index in [2.05, 4.69) is 141 Å². The van der Waals surface area contributed by atoms with Crippen molar-refractivity contribution >= 4 is 6.21 Å². The highest BCUT2D eigenvalue weighted by Crippen LogP contribution is 2.68. The zero-order chi connectivity index (χ0) is 27.0. The molecule has 0 spiro atoms. The molecule has 194 valence electrons. The second-order valence-corrected chi connectivity index (χ2v) is 11.7. The lowest BCUT2D eigenvalue weighted by atomic mass is 9.79. The topological polar surface area (TPSA) is 15.4 Å². The Bertz CT molecular complexity index is 1760. The van der Waals surface area contributed by atoms with Gasteiger partial charge in [0.25, 0.3) is 0 Å². The van der Waals surface area contributed by atoms with Crippen molar-refractivity contribution in [3.05, 3.63) is 154 Å². The quantitative estimate of drug-likeness (QED) is 0.172. The summed E-state index contributed by atoms with van der Waals surface area (Å²) < 4.78 is 0. The Balaban J connectivity index is 1.32. The molecule has 1 aliphatic heterocycles. The number of hydrogen-bond acceptors (Lipinski definition) is 2. The minimum atomic E-state index is -0.00359. The van der Waals surface area contributed by atoms with Crippen molar-refractivity contribution in [2.75, 3.05) is 0 Å². The van der Waals surface area contributed by atoms with Crippen LogP contribution in [0.1, 0.15) is 68.7 Å². The smallest absolute Gasteiger partial charge is 0.0952 e. The van der Waals surface area contributed by atoms with Crippen LogP contribution in [0.5, 0.6) is 0 Å². The van der Waals surface area contributed by atoms with E-state index < -0.39 is 0 Å². The zero-order valence-electron chi connectivity index (χ0n) is 23.2. The fraction of sp³-hybridized carbons (Fsp3) is 0.184. The Hall–Kier alpha value is -4.27. The molecule has 8 rings (SSSR count). The van der Waals surface area contributed by atoms with Crippen molar-refractivity contribution in [1.82, 2.24) is 4.90 Å². The Morgan fingerprint density at radius 3 is 1.43 bits per heavy atom. The van der Waals surface area contributed by atoms with Gasteiger partial charge in [-0.15, -0.1) is 0 Å². The van der Waals surface area contributed by atoms with Gasteiger partial charge in [0.05, 0.1) is 24.2 Å². The van der Waals surface area contributed by atoms with Gasteiger partial charge in [-0.1, -0.05) is 115 Å². The third-order valence-corrected chi connectivity index (χ3v) is 9.27.